The SMILES string of the molecule is CC(C)c1ccccc1NC(=O)[C@@H]1CS[C@@]2(C)CCC(=O)N12. The maximum absolute atomic E-state index is 12.7. The van der Waals surface area contributed by atoms with Crippen LogP contribution in [0.15, 0.2) is 24.3 Å². The van der Waals surface area contributed by atoms with Crippen molar-refractivity contribution < 1.29 is 9.59 Å². The van der Waals surface area contributed by atoms with Crippen LogP contribution >= 0.6 is 11.8 Å². The lowest BCUT2D eigenvalue weighted by atomic mass is 10.0. The summed E-state index contributed by atoms with van der Waals surface area (Å²) in [6.45, 7) is 6.28. The standard InChI is InChI=1S/C17H22N2O2S/c1-11(2)12-6-4-5-7-13(12)18-16(21)14-10-22-17(3)9-8-15(20)19(14)17/h4-7,11,14H,8-10H2,1-3H3,(H,18,21)/t14-,17-/m0/s1. The Morgan fingerprint density at radius 3 is 2.86 bits per heavy atom. The Hall–Kier alpha value is -1.49. The monoisotopic (exact) mass is 318 g/mol. The molecule has 0 aliphatic carbocycles. The first-order chi connectivity index (χ1) is 10.4. The molecule has 2 atom stereocenters. The molecule has 0 spiro atoms. The van der Waals surface area contributed by atoms with Crippen LogP contribution in [0.3, 0.4) is 0 Å². The molecule has 2 amide bonds. The van der Waals surface area contributed by atoms with Gasteiger partial charge in [0.25, 0.3) is 0 Å². The van der Waals surface area contributed by atoms with Gasteiger partial charge in [0.15, 0.2) is 0 Å². The number of amides is 2. The third kappa shape index (κ3) is 2.51. The Kier molecular flexibility index (Phi) is 3.93. The Morgan fingerprint density at radius 1 is 1.41 bits per heavy atom. The summed E-state index contributed by atoms with van der Waals surface area (Å²) in [4.78, 5) is 26.4. The number of para-hydroxylation sites is 1. The number of hydrogen-bond acceptors (Lipinski definition) is 3. The van der Waals surface area contributed by atoms with Crippen molar-refractivity contribution in [1.29, 1.82) is 0 Å². The first-order valence-corrected chi connectivity index (χ1v) is 8.77. The lowest BCUT2D eigenvalue weighted by molar-refractivity contribution is -0.135. The quantitative estimate of drug-likeness (QED) is 0.931. The number of benzene rings is 1. The third-order valence-corrected chi connectivity index (χ3v) is 6.09. The highest BCUT2D eigenvalue weighted by molar-refractivity contribution is 8.01. The van der Waals surface area contributed by atoms with Gasteiger partial charge in [-0.3, -0.25) is 9.59 Å². The molecule has 118 valence electrons. The molecule has 0 aromatic heterocycles. The summed E-state index contributed by atoms with van der Waals surface area (Å²) in [6, 6.07) is 7.52. The average molecular weight is 318 g/mol. The molecular formula is C17H22N2O2S. The molecule has 2 aliphatic heterocycles. The van der Waals surface area contributed by atoms with Crippen LogP contribution in [0.25, 0.3) is 0 Å². The van der Waals surface area contributed by atoms with Crippen LogP contribution < -0.4 is 5.32 Å². The summed E-state index contributed by atoms with van der Waals surface area (Å²) in [5.41, 5.74) is 1.98. The summed E-state index contributed by atoms with van der Waals surface area (Å²) in [7, 11) is 0. The first kappa shape index (κ1) is 15.4. The molecule has 1 N–H and O–H groups in total. The predicted octanol–water partition coefficient (Wildman–Crippen LogP) is 3.20. The fourth-order valence-electron chi connectivity index (χ4n) is 3.35. The maximum atomic E-state index is 12.7. The second-order valence-corrected chi connectivity index (χ2v) is 8.00. The number of carbonyl (C=O) groups is 2. The van der Waals surface area contributed by atoms with Gasteiger partial charge in [-0.1, -0.05) is 32.0 Å². The van der Waals surface area contributed by atoms with Crippen molar-refractivity contribution in [3.8, 4) is 0 Å². The van der Waals surface area contributed by atoms with Crippen LogP contribution in [-0.4, -0.2) is 33.4 Å². The second kappa shape index (κ2) is 5.61. The number of hydrogen-bond donors (Lipinski definition) is 1. The number of anilines is 1. The normalized spacial score (nSPS) is 27.4. The van der Waals surface area contributed by atoms with Gasteiger partial charge >= 0.3 is 0 Å². The van der Waals surface area contributed by atoms with Crippen molar-refractivity contribution in [2.75, 3.05) is 11.1 Å². The summed E-state index contributed by atoms with van der Waals surface area (Å²) < 4.78 is 0. The van der Waals surface area contributed by atoms with E-state index in [1.54, 1.807) is 16.7 Å². The molecule has 2 saturated heterocycles. The van der Waals surface area contributed by atoms with E-state index in [2.05, 4.69) is 26.1 Å². The van der Waals surface area contributed by atoms with E-state index in [0.717, 1.165) is 17.7 Å². The zero-order chi connectivity index (χ0) is 15.9. The van der Waals surface area contributed by atoms with Gasteiger partial charge in [-0.25, -0.2) is 0 Å². The van der Waals surface area contributed by atoms with E-state index in [4.69, 9.17) is 0 Å². The van der Waals surface area contributed by atoms with Gasteiger partial charge in [0.2, 0.25) is 11.8 Å². The van der Waals surface area contributed by atoms with Gasteiger partial charge in [-0.05, 0) is 30.9 Å². The van der Waals surface area contributed by atoms with Crippen LogP contribution in [0.2, 0.25) is 0 Å². The highest BCUT2D eigenvalue weighted by Gasteiger charge is 2.52. The second-order valence-electron chi connectivity index (χ2n) is 6.50. The number of carbonyl (C=O) groups excluding carboxylic acids is 2. The van der Waals surface area contributed by atoms with Crippen molar-refractivity contribution in [3.05, 3.63) is 29.8 Å². The maximum Gasteiger partial charge on any atom is 0.248 e. The predicted molar refractivity (Wildman–Crippen MR) is 89.9 cm³/mol. The van der Waals surface area contributed by atoms with Crippen molar-refractivity contribution in [3.63, 3.8) is 0 Å². The van der Waals surface area contributed by atoms with Gasteiger partial charge < -0.3 is 10.2 Å². The molecule has 0 bridgehead atoms. The smallest absolute Gasteiger partial charge is 0.248 e. The molecule has 2 fully saturated rings. The molecule has 2 heterocycles. The van der Waals surface area contributed by atoms with Crippen molar-refractivity contribution in [2.45, 2.75) is 50.4 Å². The molecule has 4 nitrogen and oxygen atoms in total. The van der Waals surface area contributed by atoms with Crippen molar-refractivity contribution in [1.82, 2.24) is 4.90 Å². The van der Waals surface area contributed by atoms with E-state index in [0.29, 0.717) is 18.1 Å². The molecule has 2 aliphatic rings. The topological polar surface area (TPSA) is 49.4 Å². The molecule has 5 heteroatoms. The molecule has 3 rings (SSSR count). The third-order valence-electron chi connectivity index (χ3n) is 4.59. The summed E-state index contributed by atoms with van der Waals surface area (Å²) >= 11 is 1.72. The molecule has 1 aromatic rings. The van der Waals surface area contributed by atoms with Crippen molar-refractivity contribution in [2.24, 2.45) is 0 Å². The molecule has 22 heavy (non-hydrogen) atoms. The number of rotatable bonds is 3. The zero-order valence-corrected chi connectivity index (χ0v) is 14.1. The lowest BCUT2D eigenvalue weighted by Crippen LogP contribution is -2.48. The summed E-state index contributed by atoms with van der Waals surface area (Å²) in [6.07, 6.45) is 1.39. The Morgan fingerprint density at radius 2 is 2.14 bits per heavy atom. The van der Waals surface area contributed by atoms with Crippen molar-refractivity contribution >= 4 is 29.3 Å². The number of nitrogens with one attached hydrogen (secondary N) is 1. The molecule has 0 saturated carbocycles. The van der Waals surface area contributed by atoms with Gasteiger partial charge in [0.1, 0.15) is 6.04 Å². The van der Waals surface area contributed by atoms with E-state index in [1.807, 2.05) is 24.3 Å². The first-order valence-electron chi connectivity index (χ1n) is 7.78. The molecule has 1 aromatic carbocycles. The van der Waals surface area contributed by atoms with Gasteiger partial charge in [0, 0.05) is 17.9 Å². The van der Waals surface area contributed by atoms with Crippen LogP contribution in [-0.2, 0) is 9.59 Å². The fourth-order valence-corrected chi connectivity index (χ4v) is 4.78. The van der Waals surface area contributed by atoms with Gasteiger partial charge in [0.05, 0.1) is 4.87 Å². The van der Waals surface area contributed by atoms with Crippen LogP contribution in [0.5, 0.6) is 0 Å². The molecule has 0 radical (unpaired) electrons. The minimum Gasteiger partial charge on any atom is -0.324 e. The largest absolute Gasteiger partial charge is 0.324 e. The highest BCUT2D eigenvalue weighted by Crippen LogP contribution is 2.47. The fraction of sp³-hybridized carbons (Fsp3) is 0.529. The van der Waals surface area contributed by atoms with E-state index in [9.17, 15) is 9.59 Å². The Balaban J connectivity index is 1.80. The van der Waals surface area contributed by atoms with Crippen LogP contribution in [0.4, 0.5) is 5.69 Å². The zero-order valence-electron chi connectivity index (χ0n) is 13.3. The number of nitrogens with zero attached hydrogens (tertiary/aromatic N) is 1. The van der Waals surface area contributed by atoms with E-state index in [-0.39, 0.29) is 22.7 Å². The lowest BCUT2D eigenvalue weighted by Gasteiger charge is -2.30. The Bertz CT molecular complexity index is 616. The number of fused-ring (bicyclic) bond motifs is 1. The molecule has 0 unspecified atom stereocenters. The number of thioether (sulfide) groups is 1. The minimum atomic E-state index is -0.356. The minimum absolute atomic E-state index is 0.0698. The Labute approximate surface area is 135 Å². The van der Waals surface area contributed by atoms with E-state index in [1.165, 1.54) is 0 Å². The highest BCUT2D eigenvalue weighted by atomic mass is 32.2. The van der Waals surface area contributed by atoms with E-state index >= 15 is 0 Å². The summed E-state index contributed by atoms with van der Waals surface area (Å²) in [5.74, 6) is 1.05. The van der Waals surface area contributed by atoms with Crippen LogP contribution in [0, 0.1) is 0 Å². The summed E-state index contributed by atoms with van der Waals surface area (Å²) in [5, 5.41) is 3.04. The van der Waals surface area contributed by atoms with Gasteiger partial charge in [-0.2, -0.15) is 0 Å². The van der Waals surface area contributed by atoms with E-state index < -0.39 is 0 Å². The van der Waals surface area contributed by atoms with Gasteiger partial charge in [-0.15, -0.1) is 11.8 Å². The average Bonchev–Trinajstić information content (AvgIpc) is 2.96. The van der Waals surface area contributed by atoms with Crippen LogP contribution in [0.1, 0.15) is 45.1 Å². The molecular weight excluding hydrogens is 296 g/mol.